The highest BCUT2D eigenvalue weighted by atomic mass is 32.1. The third-order valence-electron chi connectivity index (χ3n) is 5.01. The van der Waals surface area contributed by atoms with E-state index < -0.39 is 11.9 Å². The zero-order chi connectivity index (χ0) is 17.9. The Bertz CT molecular complexity index is 725. The van der Waals surface area contributed by atoms with Crippen LogP contribution in [0.25, 0.3) is 0 Å². The third kappa shape index (κ3) is 3.85. The average Bonchev–Trinajstić information content (AvgIpc) is 2.88. The quantitative estimate of drug-likeness (QED) is 0.795. The van der Waals surface area contributed by atoms with Gasteiger partial charge in [-0.2, -0.15) is 5.26 Å². The highest BCUT2D eigenvalue weighted by molar-refractivity contribution is 7.16. The van der Waals surface area contributed by atoms with Gasteiger partial charge in [-0.3, -0.25) is 4.79 Å². The fraction of sp³-hybridized carbons (Fsp3) is 0.500. The first-order valence-corrected chi connectivity index (χ1v) is 8.86. The van der Waals surface area contributed by atoms with Crippen molar-refractivity contribution in [1.29, 1.82) is 5.26 Å². The molecule has 1 aromatic rings. The predicted molar refractivity (Wildman–Crippen MR) is 94.0 cm³/mol. The number of carbonyl (C=O) groups is 2. The molecular formula is C18H22N2O3S. The Morgan fingerprint density at radius 2 is 2.17 bits per heavy atom. The van der Waals surface area contributed by atoms with Gasteiger partial charge in [0.1, 0.15) is 11.1 Å². The van der Waals surface area contributed by atoms with Gasteiger partial charge in [0.05, 0.1) is 5.56 Å². The van der Waals surface area contributed by atoms with E-state index in [0.717, 1.165) is 43.4 Å². The van der Waals surface area contributed by atoms with Crippen LogP contribution in [-0.2, 0) is 22.4 Å². The number of anilines is 1. The Labute approximate surface area is 146 Å². The molecule has 0 spiro atoms. The lowest BCUT2D eigenvalue weighted by atomic mass is 9.69. The van der Waals surface area contributed by atoms with Crippen LogP contribution in [0, 0.1) is 22.7 Å². The molecule has 1 aromatic heterocycles. The lowest BCUT2D eigenvalue weighted by Crippen LogP contribution is -2.28. The number of hydrogen-bond acceptors (Lipinski definition) is 4. The Morgan fingerprint density at radius 1 is 1.46 bits per heavy atom. The van der Waals surface area contributed by atoms with Crippen LogP contribution < -0.4 is 5.32 Å². The smallest absolute Gasteiger partial charge is 0.328 e. The molecule has 5 nitrogen and oxygen atoms in total. The minimum Gasteiger partial charge on any atom is -0.478 e. The van der Waals surface area contributed by atoms with Crippen LogP contribution in [0.15, 0.2) is 12.2 Å². The first-order valence-electron chi connectivity index (χ1n) is 8.05. The number of carboxylic acids is 1. The minimum atomic E-state index is -1.18. The largest absolute Gasteiger partial charge is 0.478 e. The van der Waals surface area contributed by atoms with Gasteiger partial charge in [0.25, 0.3) is 0 Å². The standard InChI is InChI=1S/C18H22N2O3S/c1-4-18(2,3)11-5-6-12-13(10-19)17(24-14(12)9-11)20-15(21)7-8-16(22)23/h7-8,11H,4-6,9H2,1-3H3,(H,20,21)(H,22,23)/b8-7+/t11-/m0/s1. The zero-order valence-corrected chi connectivity index (χ0v) is 15.0. The topological polar surface area (TPSA) is 90.2 Å². The number of thiophene rings is 1. The van der Waals surface area contributed by atoms with Crippen molar-refractivity contribution in [3.8, 4) is 6.07 Å². The highest BCUT2D eigenvalue weighted by Gasteiger charge is 2.33. The molecule has 128 valence electrons. The fourth-order valence-corrected chi connectivity index (χ4v) is 4.33. The molecule has 2 N–H and O–H groups in total. The van der Waals surface area contributed by atoms with Crippen LogP contribution in [0.5, 0.6) is 0 Å². The molecule has 0 unspecified atom stereocenters. The molecule has 0 bridgehead atoms. The van der Waals surface area contributed by atoms with Crippen LogP contribution in [-0.4, -0.2) is 17.0 Å². The summed E-state index contributed by atoms with van der Waals surface area (Å²) in [6.07, 6.45) is 5.68. The molecule has 1 aliphatic rings. The van der Waals surface area contributed by atoms with E-state index >= 15 is 0 Å². The maximum Gasteiger partial charge on any atom is 0.328 e. The van der Waals surface area contributed by atoms with E-state index in [9.17, 15) is 14.9 Å². The maximum atomic E-state index is 11.8. The van der Waals surface area contributed by atoms with Crippen molar-refractivity contribution >= 4 is 28.2 Å². The van der Waals surface area contributed by atoms with Crippen molar-refractivity contribution in [2.45, 2.75) is 46.5 Å². The average molecular weight is 346 g/mol. The normalized spacial score (nSPS) is 17.3. The number of nitrogens with zero attached hydrogens (tertiary/aromatic N) is 1. The molecule has 1 atom stereocenters. The number of carboxylic acid groups (broad SMARTS) is 1. The SMILES string of the molecule is CCC(C)(C)[C@H]1CCc2c(sc(NC(=O)/C=C/C(=O)O)c2C#N)C1. The Hall–Kier alpha value is -2.13. The van der Waals surface area contributed by atoms with Crippen molar-refractivity contribution in [3.05, 3.63) is 28.2 Å². The van der Waals surface area contributed by atoms with Crippen molar-refractivity contribution < 1.29 is 14.7 Å². The number of fused-ring (bicyclic) bond motifs is 1. The maximum absolute atomic E-state index is 11.8. The van der Waals surface area contributed by atoms with Gasteiger partial charge in [0.2, 0.25) is 5.91 Å². The Morgan fingerprint density at radius 3 is 2.75 bits per heavy atom. The van der Waals surface area contributed by atoms with Crippen LogP contribution >= 0.6 is 11.3 Å². The van der Waals surface area contributed by atoms with E-state index in [-0.39, 0.29) is 5.41 Å². The number of hydrogen-bond donors (Lipinski definition) is 2. The molecule has 0 aromatic carbocycles. The summed E-state index contributed by atoms with van der Waals surface area (Å²) in [5.74, 6) is -1.14. The molecule has 0 saturated carbocycles. The summed E-state index contributed by atoms with van der Waals surface area (Å²) in [5.41, 5.74) is 1.82. The summed E-state index contributed by atoms with van der Waals surface area (Å²) in [6.45, 7) is 6.76. The summed E-state index contributed by atoms with van der Waals surface area (Å²) in [7, 11) is 0. The molecule has 0 aliphatic heterocycles. The van der Waals surface area contributed by atoms with Gasteiger partial charge in [-0.15, -0.1) is 11.3 Å². The number of aliphatic carboxylic acids is 1. The minimum absolute atomic E-state index is 0.252. The first kappa shape index (κ1) is 18.2. The molecule has 1 amide bonds. The zero-order valence-electron chi connectivity index (χ0n) is 14.2. The summed E-state index contributed by atoms with van der Waals surface area (Å²) in [6, 6.07) is 2.20. The molecular weight excluding hydrogens is 324 g/mol. The van der Waals surface area contributed by atoms with E-state index in [0.29, 0.717) is 16.5 Å². The predicted octanol–water partition coefficient (Wildman–Crippen LogP) is 3.74. The molecule has 0 saturated heterocycles. The number of amides is 1. The molecule has 2 rings (SSSR count). The fourth-order valence-electron chi connectivity index (χ4n) is 3.05. The second kappa shape index (κ2) is 7.18. The van der Waals surface area contributed by atoms with E-state index in [2.05, 4.69) is 32.2 Å². The van der Waals surface area contributed by atoms with Gasteiger partial charge in [-0.25, -0.2) is 4.79 Å². The van der Waals surface area contributed by atoms with Crippen molar-refractivity contribution in [2.24, 2.45) is 11.3 Å². The van der Waals surface area contributed by atoms with Gasteiger partial charge in [-0.05, 0) is 36.2 Å². The Kier molecular flexibility index (Phi) is 5.45. The number of nitriles is 1. The van der Waals surface area contributed by atoms with Gasteiger partial charge in [0.15, 0.2) is 0 Å². The van der Waals surface area contributed by atoms with E-state index in [1.165, 1.54) is 16.2 Å². The highest BCUT2D eigenvalue weighted by Crippen LogP contribution is 2.45. The molecule has 0 fully saturated rings. The van der Waals surface area contributed by atoms with Crippen molar-refractivity contribution in [1.82, 2.24) is 0 Å². The summed E-state index contributed by atoms with van der Waals surface area (Å²) >= 11 is 1.44. The lowest BCUT2D eigenvalue weighted by molar-refractivity contribution is -0.131. The van der Waals surface area contributed by atoms with Crippen LogP contribution in [0.3, 0.4) is 0 Å². The molecule has 0 radical (unpaired) electrons. The van der Waals surface area contributed by atoms with Gasteiger partial charge in [0, 0.05) is 17.0 Å². The van der Waals surface area contributed by atoms with Crippen LogP contribution in [0.4, 0.5) is 5.00 Å². The lowest BCUT2D eigenvalue weighted by Gasteiger charge is -2.36. The van der Waals surface area contributed by atoms with E-state index in [1.807, 2.05) is 0 Å². The monoisotopic (exact) mass is 346 g/mol. The van der Waals surface area contributed by atoms with Crippen molar-refractivity contribution in [2.75, 3.05) is 5.32 Å². The molecule has 1 aliphatic carbocycles. The number of nitrogens with one attached hydrogen (secondary N) is 1. The van der Waals surface area contributed by atoms with Gasteiger partial charge >= 0.3 is 5.97 Å². The summed E-state index contributed by atoms with van der Waals surface area (Å²) in [4.78, 5) is 23.5. The van der Waals surface area contributed by atoms with Crippen LogP contribution in [0.1, 0.15) is 49.6 Å². The Balaban J connectivity index is 2.24. The van der Waals surface area contributed by atoms with E-state index in [1.54, 1.807) is 0 Å². The summed E-state index contributed by atoms with van der Waals surface area (Å²) < 4.78 is 0. The van der Waals surface area contributed by atoms with E-state index in [4.69, 9.17) is 5.11 Å². The molecule has 24 heavy (non-hydrogen) atoms. The second-order valence-electron chi connectivity index (χ2n) is 6.76. The van der Waals surface area contributed by atoms with Gasteiger partial charge in [-0.1, -0.05) is 27.2 Å². The summed E-state index contributed by atoms with van der Waals surface area (Å²) in [5, 5.41) is 21.2. The second-order valence-corrected chi connectivity index (χ2v) is 7.87. The molecule has 6 heteroatoms. The van der Waals surface area contributed by atoms with Crippen molar-refractivity contribution in [3.63, 3.8) is 0 Å². The van der Waals surface area contributed by atoms with Crippen LogP contribution in [0.2, 0.25) is 0 Å². The number of rotatable bonds is 5. The van der Waals surface area contributed by atoms with Gasteiger partial charge < -0.3 is 10.4 Å². The molecule has 1 heterocycles. The first-order chi connectivity index (χ1) is 11.3. The number of carbonyl (C=O) groups excluding carboxylic acids is 1. The third-order valence-corrected chi connectivity index (χ3v) is 6.18.